The average molecular weight is 387 g/mol. The summed E-state index contributed by atoms with van der Waals surface area (Å²) in [5, 5.41) is 1.95. The van der Waals surface area contributed by atoms with E-state index < -0.39 is 15.8 Å². The minimum Gasteiger partial charge on any atom is -0.452 e. The van der Waals surface area contributed by atoms with E-state index in [0.717, 1.165) is 23.6 Å². The Kier molecular flexibility index (Phi) is 4.63. The summed E-state index contributed by atoms with van der Waals surface area (Å²) in [6, 6.07) is 12.7. The van der Waals surface area contributed by atoms with Gasteiger partial charge in [0.25, 0.3) is 5.91 Å². The Hall–Kier alpha value is -2.41. The van der Waals surface area contributed by atoms with Gasteiger partial charge in [0.1, 0.15) is 0 Å². The molecule has 0 aromatic heterocycles. The van der Waals surface area contributed by atoms with Crippen molar-refractivity contribution in [1.82, 2.24) is 4.90 Å². The van der Waals surface area contributed by atoms with Crippen LogP contribution in [-0.2, 0) is 19.4 Å². The number of carbonyl (C=O) groups excluding carboxylic acids is 2. The van der Waals surface area contributed by atoms with Crippen LogP contribution in [0.25, 0.3) is 10.8 Å². The summed E-state index contributed by atoms with van der Waals surface area (Å²) in [7, 11) is -3.08. The van der Waals surface area contributed by atoms with Crippen molar-refractivity contribution in [3.63, 3.8) is 0 Å². The smallest absolute Gasteiger partial charge is 0.338 e. The molecule has 1 amide bonds. The number of amides is 1. The minimum absolute atomic E-state index is 0.00780. The van der Waals surface area contributed by atoms with Gasteiger partial charge in [-0.2, -0.15) is 0 Å². The fraction of sp³-hybridized carbons (Fsp3) is 0.400. The molecular formula is C20H21NO5S. The number of benzene rings is 2. The van der Waals surface area contributed by atoms with Crippen LogP contribution in [0.3, 0.4) is 0 Å². The summed E-state index contributed by atoms with van der Waals surface area (Å²) in [6.07, 6.45) is 2.21. The van der Waals surface area contributed by atoms with E-state index in [1.807, 2.05) is 30.3 Å². The van der Waals surface area contributed by atoms with Gasteiger partial charge in [-0.05, 0) is 42.2 Å². The number of carbonyl (C=O) groups is 2. The third-order valence-electron chi connectivity index (χ3n) is 5.14. The summed E-state index contributed by atoms with van der Waals surface area (Å²) in [6.45, 7) is -0.362. The van der Waals surface area contributed by atoms with Gasteiger partial charge >= 0.3 is 5.97 Å². The maximum Gasteiger partial charge on any atom is 0.338 e. The number of hydrogen-bond acceptors (Lipinski definition) is 5. The van der Waals surface area contributed by atoms with Crippen molar-refractivity contribution < 1.29 is 22.7 Å². The number of esters is 1. The third kappa shape index (κ3) is 3.98. The standard InChI is InChI=1S/C20H21NO5S/c22-19(21(17-7-8-17)18-9-10-27(24,25)13-18)12-26-20(23)16-6-5-14-3-1-2-4-15(14)11-16/h1-6,11,17-18H,7-10,12-13H2/t18-/m1/s1. The van der Waals surface area contributed by atoms with Gasteiger partial charge in [0.05, 0.1) is 17.1 Å². The molecule has 2 aliphatic rings. The zero-order chi connectivity index (χ0) is 19.0. The van der Waals surface area contributed by atoms with Crippen LogP contribution in [-0.4, -0.2) is 55.4 Å². The monoisotopic (exact) mass is 387 g/mol. The van der Waals surface area contributed by atoms with Crippen LogP contribution >= 0.6 is 0 Å². The molecular weight excluding hydrogens is 366 g/mol. The molecule has 1 atom stereocenters. The Morgan fingerprint density at radius 2 is 1.74 bits per heavy atom. The van der Waals surface area contributed by atoms with Crippen molar-refractivity contribution in [2.75, 3.05) is 18.1 Å². The van der Waals surface area contributed by atoms with Crippen LogP contribution in [0.5, 0.6) is 0 Å². The Labute approximate surface area is 158 Å². The lowest BCUT2D eigenvalue weighted by Crippen LogP contribution is -2.44. The summed E-state index contributed by atoms with van der Waals surface area (Å²) in [4.78, 5) is 26.6. The molecule has 2 aromatic rings. The van der Waals surface area contributed by atoms with Gasteiger partial charge in [-0.15, -0.1) is 0 Å². The zero-order valence-corrected chi connectivity index (χ0v) is 15.7. The largest absolute Gasteiger partial charge is 0.452 e. The van der Waals surface area contributed by atoms with E-state index in [2.05, 4.69) is 0 Å². The Morgan fingerprint density at radius 1 is 1.00 bits per heavy atom. The van der Waals surface area contributed by atoms with E-state index in [-0.39, 0.29) is 36.1 Å². The van der Waals surface area contributed by atoms with E-state index in [1.165, 1.54) is 0 Å². The molecule has 1 aliphatic heterocycles. The predicted octanol–water partition coefficient (Wildman–Crippen LogP) is 2.17. The third-order valence-corrected chi connectivity index (χ3v) is 6.89. The molecule has 7 heteroatoms. The van der Waals surface area contributed by atoms with Crippen LogP contribution in [0.1, 0.15) is 29.6 Å². The number of sulfone groups is 1. The summed E-state index contributed by atoms with van der Waals surface area (Å²) in [5.41, 5.74) is 0.392. The van der Waals surface area contributed by atoms with Crippen molar-refractivity contribution in [2.24, 2.45) is 0 Å². The molecule has 2 aromatic carbocycles. The molecule has 4 rings (SSSR count). The second-order valence-electron chi connectivity index (χ2n) is 7.23. The van der Waals surface area contributed by atoms with E-state index in [4.69, 9.17) is 4.74 Å². The lowest BCUT2D eigenvalue weighted by Gasteiger charge is -2.28. The van der Waals surface area contributed by atoms with Crippen LogP contribution in [0, 0.1) is 0 Å². The molecule has 1 aliphatic carbocycles. The summed E-state index contributed by atoms with van der Waals surface area (Å²) < 4.78 is 28.7. The molecule has 142 valence electrons. The fourth-order valence-electron chi connectivity index (χ4n) is 3.65. The second-order valence-corrected chi connectivity index (χ2v) is 9.46. The number of rotatable bonds is 5. The Bertz CT molecular complexity index is 996. The molecule has 0 spiro atoms. The topological polar surface area (TPSA) is 80.8 Å². The summed E-state index contributed by atoms with van der Waals surface area (Å²) in [5.74, 6) is -0.739. The zero-order valence-electron chi connectivity index (χ0n) is 14.8. The van der Waals surface area contributed by atoms with E-state index in [1.54, 1.807) is 17.0 Å². The van der Waals surface area contributed by atoms with Gasteiger partial charge in [0.15, 0.2) is 16.4 Å². The maximum absolute atomic E-state index is 12.6. The van der Waals surface area contributed by atoms with Crippen molar-refractivity contribution >= 4 is 32.5 Å². The lowest BCUT2D eigenvalue weighted by atomic mass is 10.1. The number of fused-ring (bicyclic) bond motifs is 1. The molecule has 0 N–H and O–H groups in total. The Morgan fingerprint density at radius 3 is 2.41 bits per heavy atom. The molecule has 1 saturated carbocycles. The van der Waals surface area contributed by atoms with Crippen LogP contribution in [0.2, 0.25) is 0 Å². The quantitative estimate of drug-likeness (QED) is 0.735. The fourth-order valence-corrected chi connectivity index (χ4v) is 5.37. The molecule has 1 saturated heterocycles. The number of ether oxygens (including phenoxy) is 1. The highest BCUT2D eigenvalue weighted by molar-refractivity contribution is 7.91. The molecule has 27 heavy (non-hydrogen) atoms. The average Bonchev–Trinajstić information content (AvgIpc) is 3.42. The first-order valence-corrected chi connectivity index (χ1v) is 10.9. The number of nitrogens with zero attached hydrogens (tertiary/aromatic N) is 1. The first kappa shape index (κ1) is 18.0. The number of hydrogen-bond donors (Lipinski definition) is 0. The predicted molar refractivity (Wildman–Crippen MR) is 101 cm³/mol. The molecule has 0 radical (unpaired) electrons. The maximum atomic E-state index is 12.6. The van der Waals surface area contributed by atoms with Crippen molar-refractivity contribution in [2.45, 2.75) is 31.3 Å². The highest BCUT2D eigenvalue weighted by Gasteiger charge is 2.42. The van der Waals surface area contributed by atoms with Gasteiger partial charge in [0.2, 0.25) is 0 Å². The van der Waals surface area contributed by atoms with E-state index in [0.29, 0.717) is 12.0 Å². The second kappa shape index (κ2) is 6.96. The molecule has 6 nitrogen and oxygen atoms in total. The van der Waals surface area contributed by atoms with Crippen molar-refractivity contribution in [1.29, 1.82) is 0 Å². The van der Waals surface area contributed by atoms with Gasteiger partial charge in [0, 0.05) is 12.1 Å². The van der Waals surface area contributed by atoms with Gasteiger partial charge in [-0.1, -0.05) is 30.3 Å². The van der Waals surface area contributed by atoms with E-state index in [9.17, 15) is 18.0 Å². The minimum atomic E-state index is -3.08. The van der Waals surface area contributed by atoms with Gasteiger partial charge < -0.3 is 9.64 Å². The summed E-state index contributed by atoms with van der Waals surface area (Å²) >= 11 is 0. The van der Waals surface area contributed by atoms with Gasteiger partial charge in [-0.3, -0.25) is 4.79 Å². The first-order valence-electron chi connectivity index (χ1n) is 9.10. The van der Waals surface area contributed by atoms with Crippen molar-refractivity contribution in [3.8, 4) is 0 Å². The highest BCUT2D eigenvalue weighted by atomic mass is 32.2. The lowest BCUT2D eigenvalue weighted by molar-refractivity contribution is -0.137. The SMILES string of the molecule is O=C(OCC(=O)N(C1CC1)[C@@H]1CCS(=O)(=O)C1)c1ccc2ccccc2c1. The van der Waals surface area contributed by atoms with Crippen LogP contribution in [0.15, 0.2) is 42.5 Å². The van der Waals surface area contributed by atoms with Crippen LogP contribution < -0.4 is 0 Å². The molecule has 0 bridgehead atoms. The molecule has 2 fully saturated rings. The van der Waals surface area contributed by atoms with E-state index >= 15 is 0 Å². The first-order chi connectivity index (χ1) is 12.9. The highest BCUT2D eigenvalue weighted by Crippen LogP contribution is 2.32. The van der Waals surface area contributed by atoms with Gasteiger partial charge in [-0.25, -0.2) is 13.2 Å². The molecule has 0 unspecified atom stereocenters. The Balaban J connectivity index is 1.41. The van der Waals surface area contributed by atoms with Crippen LogP contribution in [0.4, 0.5) is 0 Å². The molecule has 1 heterocycles. The van der Waals surface area contributed by atoms with Crippen molar-refractivity contribution in [3.05, 3.63) is 48.0 Å². The normalized spacial score (nSPS) is 21.1.